The molecule has 1 aromatic heterocycles. The number of imidazole rings is 1. The first-order chi connectivity index (χ1) is 13.8. The molecule has 0 spiro atoms. The lowest BCUT2D eigenvalue weighted by Gasteiger charge is -2.34. The number of rotatable bonds is 7. The van der Waals surface area contributed by atoms with Gasteiger partial charge >= 0.3 is 0 Å². The highest BCUT2D eigenvalue weighted by Crippen LogP contribution is 2.28. The van der Waals surface area contributed by atoms with Crippen LogP contribution in [0, 0.1) is 0 Å². The minimum atomic E-state index is 0.0163. The van der Waals surface area contributed by atoms with Crippen LogP contribution in [0.3, 0.4) is 0 Å². The maximum absolute atomic E-state index is 12.5. The Labute approximate surface area is 166 Å². The molecule has 2 aromatic carbocycles. The predicted octanol–water partition coefficient (Wildman–Crippen LogP) is 3.73. The molecule has 3 aromatic rings. The SMILES string of the molecule is CCCC(=O)CC(c1nccn1-c1ccc2ccccc2c1)N1CCNCC1. The van der Waals surface area contributed by atoms with Gasteiger partial charge in [0.1, 0.15) is 11.6 Å². The van der Waals surface area contributed by atoms with E-state index in [2.05, 4.69) is 64.2 Å². The Balaban J connectivity index is 1.70. The van der Waals surface area contributed by atoms with Crippen LogP contribution in [0.2, 0.25) is 0 Å². The lowest BCUT2D eigenvalue weighted by molar-refractivity contribution is -0.120. The van der Waals surface area contributed by atoms with Crippen molar-refractivity contribution < 1.29 is 4.79 Å². The number of fused-ring (bicyclic) bond motifs is 1. The van der Waals surface area contributed by atoms with Gasteiger partial charge < -0.3 is 9.88 Å². The zero-order valence-corrected chi connectivity index (χ0v) is 16.5. The lowest BCUT2D eigenvalue weighted by atomic mass is 10.0. The number of hydrogen-bond donors (Lipinski definition) is 1. The molecule has 5 nitrogen and oxygen atoms in total. The molecule has 4 rings (SSSR count). The number of nitrogens with zero attached hydrogens (tertiary/aromatic N) is 3. The maximum Gasteiger partial charge on any atom is 0.134 e. The highest BCUT2D eigenvalue weighted by molar-refractivity contribution is 5.84. The molecule has 0 radical (unpaired) electrons. The molecule has 0 amide bonds. The van der Waals surface area contributed by atoms with Crippen LogP contribution in [0.25, 0.3) is 16.5 Å². The molecule has 0 aliphatic carbocycles. The predicted molar refractivity (Wildman–Crippen MR) is 113 cm³/mol. The topological polar surface area (TPSA) is 50.2 Å². The van der Waals surface area contributed by atoms with Crippen LogP contribution in [0.1, 0.15) is 38.1 Å². The van der Waals surface area contributed by atoms with Crippen LogP contribution in [0.15, 0.2) is 54.9 Å². The molecule has 0 bridgehead atoms. The Bertz CT molecular complexity index is 942. The normalized spacial score (nSPS) is 16.3. The second-order valence-corrected chi connectivity index (χ2v) is 7.48. The van der Waals surface area contributed by atoms with Crippen molar-refractivity contribution in [2.45, 2.75) is 32.2 Å². The van der Waals surface area contributed by atoms with Gasteiger partial charge in [0, 0.05) is 57.1 Å². The smallest absolute Gasteiger partial charge is 0.134 e. The Morgan fingerprint density at radius 3 is 2.71 bits per heavy atom. The van der Waals surface area contributed by atoms with Gasteiger partial charge in [-0.1, -0.05) is 37.3 Å². The third kappa shape index (κ3) is 4.01. The van der Waals surface area contributed by atoms with Gasteiger partial charge in [-0.15, -0.1) is 0 Å². The average molecular weight is 377 g/mol. The summed E-state index contributed by atoms with van der Waals surface area (Å²) in [5, 5.41) is 5.84. The first kappa shape index (κ1) is 18.8. The van der Waals surface area contributed by atoms with Gasteiger partial charge in [-0.2, -0.15) is 0 Å². The molecule has 1 saturated heterocycles. The Morgan fingerprint density at radius 1 is 1.14 bits per heavy atom. The van der Waals surface area contributed by atoms with E-state index in [-0.39, 0.29) is 6.04 Å². The van der Waals surface area contributed by atoms with Gasteiger partial charge in [-0.3, -0.25) is 9.69 Å². The number of nitrogens with one attached hydrogen (secondary N) is 1. The Morgan fingerprint density at radius 2 is 1.93 bits per heavy atom. The van der Waals surface area contributed by atoms with Gasteiger partial charge in [0.15, 0.2) is 0 Å². The van der Waals surface area contributed by atoms with Crippen molar-refractivity contribution in [1.29, 1.82) is 0 Å². The highest BCUT2D eigenvalue weighted by Gasteiger charge is 2.28. The summed E-state index contributed by atoms with van der Waals surface area (Å²) in [6.07, 6.45) is 5.92. The molecule has 2 heterocycles. The number of Topliss-reactive ketones (excluding diaryl/α,β-unsaturated/α-hetero) is 1. The molecule has 1 aliphatic heterocycles. The largest absolute Gasteiger partial charge is 0.314 e. The molecule has 1 fully saturated rings. The molecule has 0 saturated carbocycles. The standard InChI is InChI=1S/C23H28N4O/c1-2-5-21(28)17-22(26-13-10-24-11-14-26)23-25-12-15-27(23)20-9-8-18-6-3-4-7-19(18)16-20/h3-4,6-9,12,15-16,22,24H,2,5,10-11,13-14,17H2,1H3. The van der Waals surface area contributed by atoms with E-state index in [0.717, 1.165) is 44.1 Å². The monoisotopic (exact) mass is 376 g/mol. The number of carbonyl (C=O) groups excluding carboxylic acids is 1. The minimum absolute atomic E-state index is 0.0163. The summed E-state index contributed by atoms with van der Waals surface area (Å²) in [7, 11) is 0. The lowest BCUT2D eigenvalue weighted by Crippen LogP contribution is -2.46. The van der Waals surface area contributed by atoms with E-state index in [0.29, 0.717) is 18.6 Å². The molecular weight excluding hydrogens is 348 g/mol. The first-order valence-electron chi connectivity index (χ1n) is 10.2. The molecule has 5 heteroatoms. The molecule has 1 atom stereocenters. The molecule has 28 heavy (non-hydrogen) atoms. The summed E-state index contributed by atoms with van der Waals surface area (Å²) in [6, 6.07) is 14.9. The van der Waals surface area contributed by atoms with E-state index in [1.807, 2.05) is 12.4 Å². The number of benzene rings is 2. The van der Waals surface area contributed by atoms with Crippen molar-refractivity contribution >= 4 is 16.6 Å². The minimum Gasteiger partial charge on any atom is -0.314 e. The fourth-order valence-corrected chi connectivity index (χ4v) is 4.08. The fourth-order valence-electron chi connectivity index (χ4n) is 4.08. The van der Waals surface area contributed by atoms with E-state index in [9.17, 15) is 4.79 Å². The molecule has 146 valence electrons. The maximum atomic E-state index is 12.5. The second kappa shape index (κ2) is 8.67. The number of ketones is 1. The van der Waals surface area contributed by atoms with Crippen LogP contribution >= 0.6 is 0 Å². The number of carbonyl (C=O) groups is 1. The highest BCUT2D eigenvalue weighted by atomic mass is 16.1. The third-order valence-corrected chi connectivity index (χ3v) is 5.52. The molecule has 1 N–H and O–H groups in total. The van der Waals surface area contributed by atoms with Gasteiger partial charge in [0.2, 0.25) is 0 Å². The van der Waals surface area contributed by atoms with Crippen LogP contribution in [0.4, 0.5) is 0 Å². The van der Waals surface area contributed by atoms with Crippen LogP contribution in [0.5, 0.6) is 0 Å². The fraction of sp³-hybridized carbons (Fsp3) is 0.391. The number of aromatic nitrogens is 2. The van der Waals surface area contributed by atoms with Crippen molar-refractivity contribution in [3.05, 3.63) is 60.7 Å². The molecular formula is C23H28N4O. The van der Waals surface area contributed by atoms with E-state index in [1.54, 1.807) is 0 Å². The van der Waals surface area contributed by atoms with E-state index in [4.69, 9.17) is 4.98 Å². The van der Waals surface area contributed by atoms with Gasteiger partial charge in [0.05, 0.1) is 6.04 Å². The zero-order valence-electron chi connectivity index (χ0n) is 16.5. The van der Waals surface area contributed by atoms with Crippen LogP contribution in [-0.4, -0.2) is 46.4 Å². The van der Waals surface area contributed by atoms with E-state index in [1.165, 1.54) is 10.8 Å². The summed E-state index contributed by atoms with van der Waals surface area (Å²) in [6.45, 7) is 5.85. The van der Waals surface area contributed by atoms with Gasteiger partial charge in [0.25, 0.3) is 0 Å². The van der Waals surface area contributed by atoms with E-state index >= 15 is 0 Å². The average Bonchev–Trinajstić information content (AvgIpc) is 3.22. The Hall–Kier alpha value is -2.50. The quantitative estimate of drug-likeness (QED) is 0.683. The first-order valence-corrected chi connectivity index (χ1v) is 10.2. The summed E-state index contributed by atoms with van der Waals surface area (Å²) < 4.78 is 2.15. The summed E-state index contributed by atoms with van der Waals surface area (Å²) >= 11 is 0. The number of hydrogen-bond acceptors (Lipinski definition) is 4. The summed E-state index contributed by atoms with van der Waals surface area (Å²) in [4.78, 5) is 19.7. The molecule has 1 aliphatic rings. The van der Waals surface area contributed by atoms with Crippen LogP contribution < -0.4 is 5.32 Å². The van der Waals surface area contributed by atoms with Crippen LogP contribution in [-0.2, 0) is 4.79 Å². The third-order valence-electron chi connectivity index (χ3n) is 5.52. The summed E-state index contributed by atoms with van der Waals surface area (Å²) in [5.41, 5.74) is 1.09. The second-order valence-electron chi connectivity index (χ2n) is 7.48. The van der Waals surface area contributed by atoms with Crippen molar-refractivity contribution in [3.63, 3.8) is 0 Å². The van der Waals surface area contributed by atoms with Crippen molar-refractivity contribution in [3.8, 4) is 5.69 Å². The molecule has 1 unspecified atom stereocenters. The summed E-state index contributed by atoms with van der Waals surface area (Å²) in [5.74, 6) is 1.28. The van der Waals surface area contributed by atoms with Crippen molar-refractivity contribution in [2.24, 2.45) is 0 Å². The Kier molecular flexibility index (Phi) is 5.84. The van der Waals surface area contributed by atoms with Gasteiger partial charge in [-0.25, -0.2) is 4.98 Å². The van der Waals surface area contributed by atoms with Crippen molar-refractivity contribution in [2.75, 3.05) is 26.2 Å². The van der Waals surface area contributed by atoms with Crippen molar-refractivity contribution in [1.82, 2.24) is 19.8 Å². The van der Waals surface area contributed by atoms with E-state index < -0.39 is 0 Å². The van der Waals surface area contributed by atoms with Gasteiger partial charge in [-0.05, 0) is 29.3 Å². The number of piperazine rings is 1. The zero-order chi connectivity index (χ0) is 19.3.